The van der Waals surface area contributed by atoms with Crippen molar-refractivity contribution in [1.82, 2.24) is 4.98 Å². The van der Waals surface area contributed by atoms with E-state index in [9.17, 15) is 13.2 Å². The lowest BCUT2D eigenvalue weighted by Crippen LogP contribution is -2.17. The number of rotatable bonds is 6. The number of fused-ring (bicyclic) bond motifs is 1. The largest absolute Gasteiger partial charge is 0.495 e. The van der Waals surface area contributed by atoms with E-state index in [0.29, 0.717) is 28.4 Å². The van der Waals surface area contributed by atoms with Gasteiger partial charge in [0.2, 0.25) is 0 Å². The Morgan fingerprint density at radius 2 is 1.88 bits per heavy atom. The van der Waals surface area contributed by atoms with Crippen molar-refractivity contribution in [2.45, 2.75) is 11.8 Å². The summed E-state index contributed by atoms with van der Waals surface area (Å²) in [6, 6.07) is 15.6. The first-order valence-electron chi connectivity index (χ1n) is 9.41. The van der Waals surface area contributed by atoms with Crippen LogP contribution in [0.3, 0.4) is 0 Å². The molecule has 0 unspecified atom stereocenters. The van der Waals surface area contributed by atoms with Crippen molar-refractivity contribution in [2.24, 2.45) is 0 Å². The van der Waals surface area contributed by atoms with Gasteiger partial charge in [-0.15, -0.1) is 0 Å². The quantitative estimate of drug-likeness (QED) is 0.416. The van der Waals surface area contributed by atoms with Gasteiger partial charge in [0, 0.05) is 18.2 Å². The summed E-state index contributed by atoms with van der Waals surface area (Å²) in [6.07, 6.45) is 0. The number of oxazole rings is 1. The molecule has 4 rings (SSSR count). The van der Waals surface area contributed by atoms with E-state index in [1.165, 1.54) is 25.3 Å². The molecule has 4 aromatic rings. The first kappa shape index (κ1) is 21.7. The molecule has 1 amide bonds. The summed E-state index contributed by atoms with van der Waals surface area (Å²) in [4.78, 5) is 16.8. The fourth-order valence-corrected chi connectivity index (χ4v) is 4.70. The topological polar surface area (TPSA) is 111 Å². The van der Waals surface area contributed by atoms with Crippen LogP contribution in [0.4, 0.5) is 11.4 Å². The summed E-state index contributed by atoms with van der Waals surface area (Å²) in [5, 5.41) is 2.70. The molecule has 164 valence electrons. The Balaban J connectivity index is 1.61. The lowest BCUT2D eigenvalue weighted by Gasteiger charge is -2.13. The van der Waals surface area contributed by atoms with Gasteiger partial charge in [-0.1, -0.05) is 23.7 Å². The van der Waals surface area contributed by atoms with Gasteiger partial charge in [-0.25, -0.2) is 13.4 Å². The van der Waals surface area contributed by atoms with Crippen LogP contribution in [0.15, 0.2) is 70.0 Å². The zero-order chi connectivity index (χ0) is 22.9. The third kappa shape index (κ3) is 4.39. The molecule has 2 N–H and O–H groups in total. The summed E-state index contributed by atoms with van der Waals surface area (Å²) < 4.78 is 39.0. The number of aryl methyl sites for hydroxylation is 1. The molecule has 0 aliphatic rings. The van der Waals surface area contributed by atoms with Gasteiger partial charge in [-0.05, 0) is 48.5 Å². The van der Waals surface area contributed by atoms with Crippen molar-refractivity contribution in [2.75, 3.05) is 17.1 Å². The molecular weight excluding hydrogens is 454 g/mol. The average Bonchev–Trinajstić information content (AvgIpc) is 3.13. The minimum absolute atomic E-state index is 0.0246. The number of ether oxygens (including phenoxy) is 1. The van der Waals surface area contributed by atoms with Gasteiger partial charge < -0.3 is 14.5 Å². The predicted molar refractivity (Wildman–Crippen MR) is 122 cm³/mol. The lowest BCUT2D eigenvalue weighted by molar-refractivity contribution is 0.102. The fraction of sp³-hybridized carbons (Fsp3) is 0.0909. The molecule has 0 saturated carbocycles. The Labute approximate surface area is 189 Å². The predicted octanol–water partition coefficient (Wildman–Crippen LogP) is 4.85. The molecule has 1 aromatic heterocycles. The number of benzene rings is 3. The van der Waals surface area contributed by atoms with Crippen LogP contribution in [0, 0.1) is 6.92 Å². The second kappa shape index (κ2) is 8.52. The minimum Gasteiger partial charge on any atom is -0.495 e. The highest BCUT2D eigenvalue weighted by molar-refractivity contribution is 7.92. The van der Waals surface area contributed by atoms with Gasteiger partial charge in [0.15, 0.2) is 11.5 Å². The van der Waals surface area contributed by atoms with Crippen molar-refractivity contribution in [1.29, 1.82) is 0 Å². The highest BCUT2D eigenvalue weighted by Gasteiger charge is 2.22. The van der Waals surface area contributed by atoms with E-state index >= 15 is 0 Å². The van der Waals surface area contributed by atoms with E-state index in [-0.39, 0.29) is 21.2 Å². The molecule has 8 nitrogen and oxygen atoms in total. The standard InChI is InChI=1S/C22H18ClN3O5S/c1-13-24-18-12-15(8-10-20(18)31-13)25-22(27)14-7-9-16(23)21(11-14)32(28,29)26-17-5-3-4-6-19(17)30-2/h3-12,26H,1-2H3,(H,25,27). The van der Waals surface area contributed by atoms with Gasteiger partial charge in [-0.3, -0.25) is 9.52 Å². The van der Waals surface area contributed by atoms with E-state index in [0.717, 1.165) is 0 Å². The number of amides is 1. The Bertz CT molecular complexity index is 1430. The van der Waals surface area contributed by atoms with Crippen molar-refractivity contribution in [3.05, 3.63) is 77.1 Å². The molecule has 0 aliphatic heterocycles. The Morgan fingerprint density at radius 3 is 2.66 bits per heavy atom. The number of hydrogen-bond acceptors (Lipinski definition) is 6. The molecule has 32 heavy (non-hydrogen) atoms. The van der Waals surface area contributed by atoms with E-state index in [1.54, 1.807) is 49.4 Å². The maximum absolute atomic E-state index is 13.0. The number of nitrogens with zero attached hydrogens (tertiary/aromatic N) is 1. The van der Waals surface area contributed by atoms with Crippen LogP contribution in [0.1, 0.15) is 16.2 Å². The molecule has 3 aromatic carbocycles. The molecule has 0 atom stereocenters. The third-order valence-corrected chi connectivity index (χ3v) is 6.43. The minimum atomic E-state index is -4.10. The molecule has 10 heteroatoms. The first-order valence-corrected chi connectivity index (χ1v) is 11.3. The molecule has 1 heterocycles. The SMILES string of the molecule is COc1ccccc1NS(=O)(=O)c1cc(C(=O)Nc2ccc3oc(C)nc3c2)ccc1Cl. The summed E-state index contributed by atoms with van der Waals surface area (Å²) in [6.45, 7) is 1.73. The van der Waals surface area contributed by atoms with Crippen LogP contribution in [0.2, 0.25) is 5.02 Å². The smallest absolute Gasteiger partial charge is 0.263 e. The van der Waals surface area contributed by atoms with Crippen LogP contribution in [0.5, 0.6) is 5.75 Å². The van der Waals surface area contributed by atoms with Gasteiger partial charge in [-0.2, -0.15) is 0 Å². The Kier molecular flexibility index (Phi) is 5.77. The first-order chi connectivity index (χ1) is 15.3. The number of anilines is 2. The second-order valence-corrected chi connectivity index (χ2v) is 8.88. The van der Waals surface area contributed by atoms with Crippen LogP contribution < -0.4 is 14.8 Å². The van der Waals surface area contributed by atoms with Crippen molar-refractivity contribution < 1.29 is 22.4 Å². The zero-order valence-electron chi connectivity index (χ0n) is 17.0. The van der Waals surface area contributed by atoms with Crippen LogP contribution in [-0.4, -0.2) is 26.4 Å². The number of hydrogen-bond donors (Lipinski definition) is 2. The van der Waals surface area contributed by atoms with E-state index in [2.05, 4.69) is 15.0 Å². The number of methoxy groups -OCH3 is 1. The summed E-state index contributed by atoms with van der Waals surface area (Å²) in [5.41, 5.74) is 2.05. The monoisotopic (exact) mass is 471 g/mol. The Hall–Kier alpha value is -3.56. The molecule has 0 spiro atoms. The molecular formula is C22H18ClN3O5S. The van der Waals surface area contributed by atoms with Gasteiger partial charge in [0.25, 0.3) is 15.9 Å². The highest BCUT2D eigenvalue weighted by Crippen LogP contribution is 2.29. The molecule has 0 aliphatic carbocycles. The Morgan fingerprint density at radius 1 is 1.09 bits per heavy atom. The van der Waals surface area contributed by atoms with Crippen molar-refractivity contribution in [3.8, 4) is 5.75 Å². The normalized spacial score (nSPS) is 11.3. The maximum atomic E-state index is 13.0. The van der Waals surface area contributed by atoms with E-state index in [1.807, 2.05) is 0 Å². The average molecular weight is 472 g/mol. The zero-order valence-corrected chi connectivity index (χ0v) is 18.6. The number of sulfonamides is 1. The van der Waals surface area contributed by atoms with Crippen LogP contribution in [-0.2, 0) is 10.0 Å². The maximum Gasteiger partial charge on any atom is 0.263 e. The molecule has 0 fully saturated rings. The summed E-state index contributed by atoms with van der Waals surface area (Å²) in [7, 11) is -2.66. The number of carbonyl (C=O) groups excluding carboxylic acids is 1. The summed E-state index contributed by atoms with van der Waals surface area (Å²) >= 11 is 6.15. The van der Waals surface area contributed by atoms with E-state index in [4.69, 9.17) is 20.8 Å². The summed E-state index contributed by atoms with van der Waals surface area (Å²) in [5.74, 6) is 0.355. The number of para-hydroxylation sites is 2. The molecule has 0 bridgehead atoms. The number of carbonyl (C=O) groups is 1. The van der Waals surface area contributed by atoms with Crippen LogP contribution in [0.25, 0.3) is 11.1 Å². The van der Waals surface area contributed by atoms with E-state index < -0.39 is 15.9 Å². The van der Waals surface area contributed by atoms with Crippen molar-refractivity contribution >= 4 is 50.0 Å². The van der Waals surface area contributed by atoms with Gasteiger partial charge in [0.1, 0.15) is 16.2 Å². The number of halogens is 1. The molecule has 0 radical (unpaired) electrons. The number of aromatic nitrogens is 1. The number of nitrogens with one attached hydrogen (secondary N) is 2. The molecule has 0 saturated heterocycles. The van der Waals surface area contributed by atoms with Gasteiger partial charge >= 0.3 is 0 Å². The van der Waals surface area contributed by atoms with Gasteiger partial charge in [0.05, 0.1) is 17.8 Å². The highest BCUT2D eigenvalue weighted by atomic mass is 35.5. The lowest BCUT2D eigenvalue weighted by atomic mass is 10.2. The second-order valence-electron chi connectivity index (χ2n) is 6.82. The van der Waals surface area contributed by atoms with Crippen molar-refractivity contribution in [3.63, 3.8) is 0 Å². The van der Waals surface area contributed by atoms with Crippen LogP contribution >= 0.6 is 11.6 Å². The fourth-order valence-electron chi connectivity index (χ4n) is 3.10. The third-order valence-electron chi connectivity index (χ3n) is 4.59.